The van der Waals surface area contributed by atoms with E-state index in [1.54, 1.807) is 6.20 Å². The number of ketones is 1. The summed E-state index contributed by atoms with van der Waals surface area (Å²) in [4.78, 5) is 38.2. The molecule has 0 aliphatic carbocycles. The third-order valence-electron chi connectivity index (χ3n) is 3.29. The molecule has 2 aromatic rings. The highest BCUT2D eigenvalue weighted by atomic mass is 16.5. The summed E-state index contributed by atoms with van der Waals surface area (Å²) in [7, 11) is 0. The average Bonchev–Trinajstić information content (AvgIpc) is 2.89. The Labute approximate surface area is 127 Å². The number of ether oxygens (including phenoxy) is 1. The molecular weight excluding hydrogens is 284 g/mol. The number of benzene rings is 1. The number of esters is 1. The normalized spacial score (nSPS) is 13.4. The van der Waals surface area contributed by atoms with E-state index in [0.717, 1.165) is 10.9 Å². The van der Waals surface area contributed by atoms with Crippen LogP contribution >= 0.6 is 0 Å². The summed E-state index contributed by atoms with van der Waals surface area (Å²) in [5.41, 5.74) is 1.32. The number of rotatable bonds is 5. The number of carbonyl (C=O) groups is 3. The fraction of sp³-hybridized carbons (Fsp3) is 0.312. The van der Waals surface area contributed by atoms with Crippen LogP contribution in [0.3, 0.4) is 0 Å². The van der Waals surface area contributed by atoms with Gasteiger partial charge in [0, 0.05) is 29.6 Å². The fourth-order valence-corrected chi connectivity index (χ4v) is 2.19. The van der Waals surface area contributed by atoms with Gasteiger partial charge < -0.3 is 15.0 Å². The Hall–Kier alpha value is -2.63. The van der Waals surface area contributed by atoms with Crippen molar-refractivity contribution in [3.8, 4) is 0 Å². The monoisotopic (exact) mass is 302 g/mol. The molecule has 1 aromatic heterocycles. The van der Waals surface area contributed by atoms with Crippen LogP contribution in [0.5, 0.6) is 0 Å². The topological polar surface area (TPSA) is 88.3 Å². The van der Waals surface area contributed by atoms with Crippen molar-refractivity contribution in [2.24, 2.45) is 0 Å². The molecule has 22 heavy (non-hydrogen) atoms. The number of para-hydroxylation sites is 1. The van der Waals surface area contributed by atoms with Crippen molar-refractivity contribution in [2.45, 2.75) is 32.9 Å². The standard InChI is InChI=1S/C16H18N2O4/c1-9(18-11(3)19)16(21)22-10(2)15(20)13-8-17-14-7-5-4-6-12(13)14/h4-10,17H,1-3H3,(H,18,19)/t9-,10+/m1/s1. The molecule has 2 atom stereocenters. The molecule has 0 fully saturated rings. The lowest BCUT2D eigenvalue weighted by Gasteiger charge is -2.16. The highest BCUT2D eigenvalue weighted by Crippen LogP contribution is 2.20. The third kappa shape index (κ3) is 3.33. The van der Waals surface area contributed by atoms with E-state index in [1.165, 1.54) is 20.8 Å². The van der Waals surface area contributed by atoms with E-state index in [4.69, 9.17) is 4.74 Å². The van der Waals surface area contributed by atoms with Crippen molar-refractivity contribution in [1.29, 1.82) is 0 Å². The largest absolute Gasteiger partial charge is 0.453 e. The van der Waals surface area contributed by atoms with Crippen molar-refractivity contribution in [1.82, 2.24) is 10.3 Å². The molecule has 0 saturated carbocycles. The summed E-state index contributed by atoms with van der Waals surface area (Å²) in [5, 5.41) is 3.20. The van der Waals surface area contributed by atoms with Crippen molar-refractivity contribution >= 4 is 28.6 Å². The highest BCUT2D eigenvalue weighted by Gasteiger charge is 2.24. The maximum Gasteiger partial charge on any atom is 0.329 e. The molecule has 0 radical (unpaired) electrons. The summed E-state index contributed by atoms with van der Waals surface area (Å²) >= 11 is 0. The molecular formula is C16H18N2O4. The van der Waals surface area contributed by atoms with Gasteiger partial charge in [-0.15, -0.1) is 0 Å². The van der Waals surface area contributed by atoms with E-state index in [9.17, 15) is 14.4 Å². The number of Topliss-reactive ketones (excluding diaryl/α,β-unsaturated/α-hetero) is 1. The average molecular weight is 302 g/mol. The minimum Gasteiger partial charge on any atom is -0.453 e. The summed E-state index contributed by atoms with van der Waals surface area (Å²) in [6.07, 6.45) is 0.678. The minimum atomic E-state index is -0.928. The van der Waals surface area contributed by atoms with Gasteiger partial charge >= 0.3 is 5.97 Å². The summed E-state index contributed by atoms with van der Waals surface area (Å²) in [5.74, 6) is -1.27. The summed E-state index contributed by atoms with van der Waals surface area (Å²) < 4.78 is 5.13. The van der Waals surface area contributed by atoms with Gasteiger partial charge in [-0.2, -0.15) is 0 Å². The van der Waals surface area contributed by atoms with Gasteiger partial charge in [-0.25, -0.2) is 4.79 Å². The first-order chi connectivity index (χ1) is 10.4. The molecule has 1 heterocycles. The Kier molecular flexibility index (Phi) is 4.60. The van der Waals surface area contributed by atoms with E-state index in [1.807, 2.05) is 24.3 Å². The molecule has 1 aromatic carbocycles. The van der Waals surface area contributed by atoms with Crippen molar-refractivity contribution < 1.29 is 19.1 Å². The number of aromatic nitrogens is 1. The Balaban J connectivity index is 2.09. The van der Waals surface area contributed by atoms with Crippen LogP contribution < -0.4 is 5.32 Å². The zero-order chi connectivity index (χ0) is 16.3. The first-order valence-electron chi connectivity index (χ1n) is 6.98. The zero-order valence-corrected chi connectivity index (χ0v) is 12.7. The van der Waals surface area contributed by atoms with Crippen molar-refractivity contribution in [3.63, 3.8) is 0 Å². The maximum absolute atomic E-state index is 12.4. The zero-order valence-electron chi connectivity index (χ0n) is 12.7. The predicted octanol–water partition coefficient (Wildman–Crippen LogP) is 1.81. The molecule has 0 unspecified atom stereocenters. The van der Waals surface area contributed by atoms with Crippen LogP contribution in [-0.4, -0.2) is 34.8 Å². The van der Waals surface area contributed by atoms with E-state index in [0.29, 0.717) is 5.56 Å². The van der Waals surface area contributed by atoms with Gasteiger partial charge in [0.15, 0.2) is 6.10 Å². The summed E-state index contributed by atoms with van der Waals surface area (Å²) in [6, 6.07) is 6.60. The highest BCUT2D eigenvalue weighted by molar-refractivity contribution is 6.10. The summed E-state index contributed by atoms with van der Waals surface area (Å²) in [6.45, 7) is 4.33. The van der Waals surface area contributed by atoms with Gasteiger partial charge in [0.2, 0.25) is 11.7 Å². The number of hydrogen-bond donors (Lipinski definition) is 2. The lowest BCUT2D eigenvalue weighted by atomic mass is 10.1. The molecule has 0 saturated heterocycles. The second-order valence-corrected chi connectivity index (χ2v) is 5.11. The smallest absolute Gasteiger partial charge is 0.329 e. The lowest BCUT2D eigenvalue weighted by molar-refractivity contribution is -0.149. The molecule has 0 aliphatic heterocycles. The van der Waals surface area contributed by atoms with E-state index in [-0.39, 0.29) is 11.7 Å². The van der Waals surface area contributed by atoms with Crippen molar-refractivity contribution in [3.05, 3.63) is 36.0 Å². The Morgan fingerprint density at radius 1 is 1.18 bits per heavy atom. The second kappa shape index (κ2) is 6.43. The van der Waals surface area contributed by atoms with Gasteiger partial charge in [-0.1, -0.05) is 18.2 Å². The second-order valence-electron chi connectivity index (χ2n) is 5.11. The molecule has 2 rings (SSSR count). The first-order valence-corrected chi connectivity index (χ1v) is 6.98. The SMILES string of the molecule is CC(=O)N[C@H](C)C(=O)O[C@@H](C)C(=O)c1c[nH]c2ccccc12. The van der Waals surface area contributed by atoms with Gasteiger partial charge in [0.25, 0.3) is 0 Å². The first kappa shape index (κ1) is 15.8. The number of nitrogens with one attached hydrogen (secondary N) is 2. The Bertz CT molecular complexity index is 720. The minimum absolute atomic E-state index is 0.291. The molecule has 1 amide bonds. The van der Waals surface area contributed by atoms with Crippen LogP contribution in [0.25, 0.3) is 10.9 Å². The number of carbonyl (C=O) groups excluding carboxylic acids is 3. The molecule has 0 spiro atoms. The van der Waals surface area contributed by atoms with Crippen LogP contribution in [0.15, 0.2) is 30.5 Å². The van der Waals surface area contributed by atoms with E-state index in [2.05, 4.69) is 10.3 Å². The Morgan fingerprint density at radius 3 is 2.55 bits per heavy atom. The fourth-order valence-electron chi connectivity index (χ4n) is 2.19. The van der Waals surface area contributed by atoms with Crippen LogP contribution in [0.4, 0.5) is 0 Å². The van der Waals surface area contributed by atoms with Gasteiger partial charge in [0.05, 0.1) is 0 Å². The van der Waals surface area contributed by atoms with Crippen LogP contribution in [0.1, 0.15) is 31.1 Å². The van der Waals surface area contributed by atoms with Crippen LogP contribution in [0, 0.1) is 0 Å². The molecule has 0 aliphatic rings. The molecule has 0 bridgehead atoms. The number of fused-ring (bicyclic) bond motifs is 1. The number of hydrogen-bond acceptors (Lipinski definition) is 4. The number of amides is 1. The van der Waals surface area contributed by atoms with Crippen LogP contribution in [-0.2, 0) is 14.3 Å². The van der Waals surface area contributed by atoms with Gasteiger partial charge in [-0.3, -0.25) is 9.59 Å². The van der Waals surface area contributed by atoms with Crippen LogP contribution in [0.2, 0.25) is 0 Å². The van der Waals surface area contributed by atoms with Crippen molar-refractivity contribution in [2.75, 3.05) is 0 Å². The molecule has 6 nitrogen and oxygen atoms in total. The number of H-pyrrole nitrogens is 1. The van der Waals surface area contributed by atoms with Gasteiger partial charge in [0.1, 0.15) is 6.04 Å². The quantitative estimate of drug-likeness (QED) is 0.651. The Morgan fingerprint density at radius 2 is 1.86 bits per heavy atom. The maximum atomic E-state index is 12.4. The lowest BCUT2D eigenvalue weighted by Crippen LogP contribution is -2.40. The predicted molar refractivity (Wildman–Crippen MR) is 81.5 cm³/mol. The molecule has 6 heteroatoms. The van der Waals surface area contributed by atoms with Gasteiger partial charge in [-0.05, 0) is 19.9 Å². The number of aromatic amines is 1. The van der Waals surface area contributed by atoms with E-state index >= 15 is 0 Å². The third-order valence-corrected chi connectivity index (χ3v) is 3.29. The van der Waals surface area contributed by atoms with E-state index < -0.39 is 18.1 Å². The molecule has 116 valence electrons. The molecule has 2 N–H and O–H groups in total.